The van der Waals surface area contributed by atoms with Crippen molar-refractivity contribution in [2.24, 2.45) is 46.3 Å². The number of carboxylic acid groups (broad SMARTS) is 1. The van der Waals surface area contributed by atoms with E-state index in [1.165, 1.54) is 19.3 Å². The van der Waals surface area contributed by atoms with E-state index in [4.69, 9.17) is 5.11 Å². The number of aliphatic carboxylic acids is 1. The second kappa shape index (κ2) is 7.27. The quantitative estimate of drug-likeness (QED) is 0.659. The molecule has 0 aromatic rings. The fourth-order valence-electron chi connectivity index (χ4n) is 8.71. The molecular weight excluding hydrogens is 352 g/mol. The van der Waals surface area contributed by atoms with E-state index in [0.29, 0.717) is 35.5 Å². The van der Waals surface area contributed by atoms with Gasteiger partial charge in [0.15, 0.2) is 0 Å². The second-order valence-electron chi connectivity index (χ2n) is 11.3. The first-order valence-electron chi connectivity index (χ1n) is 11.8. The minimum Gasteiger partial charge on any atom is -0.481 e. The summed E-state index contributed by atoms with van der Waals surface area (Å²) in [5.41, 5.74) is 0.216. The molecule has 0 bridgehead atoms. The van der Waals surface area contributed by atoms with Crippen molar-refractivity contribution in [3.05, 3.63) is 0 Å². The molecular formula is C24H40O4. The topological polar surface area (TPSA) is 77.8 Å². The number of aliphatic hydroxyl groups is 2. The number of hydrogen-bond donors (Lipinski definition) is 3. The molecule has 0 radical (unpaired) electrons. The van der Waals surface area contributed by atoms with E-state index in [2.05, 4.69) is 20.8 Å². The third-order valence-corrected chi connectivity index (χ3v) is 10.3. The summed E-state index contributed by atoms with van der Waals surface area (Å²) in [6.45, 7) is 6.99. The van der Waals surface area contributed by atoms with Crippen molar-refractivity contribution in [1.29, 1.82) is 0 Å². The molecule has 4 rings (SSSR count). The van der Waals surface area contributed by atoms with E-state index in [1.54, 1.807) is 0 Å². The van der Waals surface area contributed by atoms with Gasteiger partial charge in [0.25, 0.3) is 0 Å². The van der Waals surface area contributed by atoms with E-state index >= 15 is 0 Å². The smallest absolute Gasteiger partial charge is 0.303 e. The average Bonchev–Trinajstić information content (AvgIpc) is 3.00. The minimum atomic E-state index is -0.707. The lowest BCUT2D eigenvalue weighted by Gasteiger charge is -2.62. The van der Waals surface area contributed by atoms with E-state index in [1.807, 2.05) is 0 Å². The van der Waals surface area contributed by atoms with Gasteiger partial charge in [0.05, 0.1) is 12.2 Å². The summed E-state index contributed by atoms with van der Waals surface area (Å²) in [5, 5.41) is 30.8. The third kappa shape index (κ3) is 3.05. The van der Waals surface area contributed by atoms with Gasteiger partial charge in [0, 0.05) is 6.42 Å². The van der Waals surface area contributed by atoms with Gasteiger partial charge in [-0.1, -0.05) is 20.8 Å². The Morgan fingerprint density at radius 2 is 1.79 bits per heavy atom. The number of aliphatic hydroxyl groups excluding tert-OH is 2. The maximum Gasteiger partial charge on any atom is 0.303 e. The van der Waals surface area contributed by atoms with Crippen LogP contribution in [0.4, 0.5) is 0 Å². The summed E-state index contributed by atoms with van der Waals surface area (Å²) < 4.78 is 0. The molecule has 4 heteroatoms. The van der Waals surface area contributed by atoms with Crippen molar-refractivity contribution in [3.63, 3.8) is 0 Å². The molecule has 4 fully saturated rings. The van der Waals surface area contributed by atoms with Crippen molar-refractivity contribution in [1.82, 2.24) is 0 Å². The van der Waals surface area contributed by atoms with Gasteiger partial charge >= 0.3 is 5.97 Å². The van der Waals surface area contributed by atoms with Crippen molar-refractivity contribution in [2.75, 3.05) is 0 Å². The highest BCUT2D eigenvalue weighted by atomic mass is 16.4. The number of fused-ring (bicyclic) bond motifs is 5. The first kappa shape index (κ1) is 20.7. The monoisotopic (exact) mass is 392 g/mol. The van der Waals surface area contributed by atoms with Crippen LogP contribution in [-0.4, -0.2) is 33.5 Å². The van der Waals surface area contributed by atoms with Crippen molar-refractivity contribution in [2.45, 2.75) is 97.2 Å². The lowest BCUT2D eigenvalue weighted by Crippen LogP contribution is -2.58. The van der Waals surface area contributed by atoms with E-state index in [-0.39, 0.29) is 29.5 Å². The Balaban J connectivity index is 1.56. The number of rotatable bonds is 4. The molecule has 0 saturated heterocycles. The van der Waals surface area contributed by atoms with Gasteiger partial charge in [-0.15, -0.1) is 0 Å². The van der Waals surface area contributed by atoms with Crippen molar-refractivity contribution in [3.8, 4) is 0 Å². The Bertz CT molecular complexity index is 605. The number of hydrogen-bond acceptors (Lipinski definition) is 3. The minimum absolute atomic E-state index is 0.0591. The summed E-state index contributed by atoms with van der Waals surface area (Å²) >= 11 is 0. The lowest BCUT2D eigenvalue weighted by molar-refractivity contribution is -0.175. The van der Waals surface area contributed by atoms with E-state index in [9.17, 15) is 15.0 Å². The molecule has 10 atom stereocenters. The van der Waals surface area contributed by atoms with Crippen LogP contribution in [0.3, 0.4) is 0 Å². The molecule has 160 valence electrons. The highest BCUT2D eigenvalue weighted by Gasteiger charge is 2.63. The standard InChI is InChI=1S/C24H40O4/c1-14(4-9-22(27)28)18-7-8-19-17-6-5-15-12-16(25)10-11-23(15,2)20(17)13-21(26)24(18,19)3/h14-21,25-26H,4-13H2,1-3H3,(H,27,28)/t14-,15+,16-,17+,18-,19+,20-,21+,23+,24-/m1/s1. The zero-order valence-electron chi connectivity index (χ0n) is 17.9. The van der Waals surface area contributed by atoms with Crippen LogP contribution >= 0.6 is 0 Å². The van der Waals surface area contributed by atoms with Crippen LogP contribution < -0.4 is 0 Å². The molecule has 0 spiro atoms. The molecule has 4 nitrogen and oxygen atoms in total. The first-order valence-corrected chi connectivity index (χ1v) is 11.8. The normalized spacial score (nSPS) is 51.7. The molecule has 4 saturated carbocycles. The average molecular weight is 393 g/mol. The van der Waals surface area contributed by atoms with Crippen LogP contribution in [0.15, 0.2) is 0 Å². The SMILES string of the molecule is C[C@H](CCC(=O)O)[C@H]1CC[C@H]2[C@@H]3CC[C@H]4C[C@H](O)CC[C@]4(C)[C@@H]3C[C@H](O)[C@]12C. The van der Waals surface area contributed by atoms with Gasteiger partial charge in [0.2, 0.25) is 0 Å². The summed E-state index contributed by atoms with van der Waals surface area (Å²) in [6, 6.07) is 0. The highest BCUT2D eigenvalue weighted by Crippen LogP contribution is 2.68. The predicted molar refractivity (Wildman–Crippen MR) is 109 cm³/mol. The molecule has 0 amide bonds. The van der Waals surface area contributed by atoms with Gasteiger partial charge in [-0.05, 0) is 104 Å². The van der Waals surface area contributed by atoms with Crippen LogP contribution in [-0.2, 0) is 4.79 Å². The van der Waals surface area contributed by atoms with Gasteiger partial charge in [0.1, 0.15) is 0 Å². The predicted octanol–water partition coefficient (Wildman–Crippen LogP) is 4.48. The molecule has 0 aromatic heterocycles. The largest absolute Gasteiger partial charge is 0.481 e. The van der Waals surface area contributed by atoms with E-state index < -0.39 is 5.97 Å². The zero-order valence-corrected chi connectivity index (χ0v) is 17.9. The third-order valence-electron chi connectivity index (χ3n) is 10.3. The summed E-state index contributed by atoms with van der Waals surface area (Å²) in [5.74, 6) is 2.55. The zero-order chi connectivity index (χ0) is 20.3. The summed E-state index contributed by atoms with van der Waals surface area (Å²) in [7, 11) is 0. The van der Waals surface area contributed by atoms with Gasteiger partial charge < -0.3 is 15.3 Å². The Labute approximate surface area is 170 Å². The molecule has 4 aliphatic carbocycles. The molecule has 0 unspecified atom stereocenters. The van der Waals surface area contributed by atoms with Gasteiger partial charge in [-0.25, -0.2) is 0 Å². The van der Waals surface area contributed by atoms with Crippen LogP contribution in [0, 0.1) is 46.3 Å². The first-order chi connectivity index (χ1) is 13.2. The molecule has 28 heavy (non-hydrogen) atoms. The summed E-state index contributed by atoms with van der Waals surface area (Å²) in [6.07, 6.45) is 9.26. The maximum absolute atomic E-state index is 11.5. The fourth-order valence-corrected chi connectivity index (χ4v) is 8.71. The van der Waals surface area contributed by atoms with Crippen LogP contribution in [0.5, 0.6) is 0 Å². The number of carbonyl (C=O) groups is 1. The van der Waals surface area contributed by atoms with Crippen LogP contribution in [0.2, 0.25) is 0 Å². The molecule has 0 aromatic carbocycles. The van der Waals surface area contributed by atoms with Crippen LogP contribution in [0.1, 0.15) is 85.0 Å². The number of carboxylic acids is 1. The highest BCUT2D eigenvalue weighted by molar-refractivity contribution is 5.66. The molecule has 0 aliphatic heterocycles. The van der Waals surface area contributed by atoms with Gasteiger partial charge in [-0.3, -0.25) is 4.79 Å². The Morgan fingerprint density at radius 1 is 1.04 bits per heavy atom. The van der Waals surface area contributed by atoms with Crippen LogP contribution in [0.25, 0.3) is 0 Å². The van der Waals surface area contributed by atoms with Crippen molar-refractivity contribution < 1.29 is 20.1 Å². The Kier molecular flexibility index (Phi) is 5.36. The Hall–Kier alpha value is -0.610. The second-order valence-corrected chi connectivity index (χ2v) is 11.3. The van der Waals surface area contributed by atoms with E-state index in [0.717, 1.165) is 38.5 Å². The molecule has 0 heterocycles. The summed E-state index contributed by atoms with van der Waals surface area (Å²) in [4.78, 5) is 11.1. The maximum atomic E-state index is 11.5. The molecule has 3 N–H and O–H groups in total. The Morgan fingerprint density at radius 3 is 2.50 bits per heavy atom. The fraction of sp³-hybridized carbons (Fsp3) is 0.958. The molecule has 4 aliphatic rings. The lowest BCUT2D eigenvalue weighted by atomic mass is 9.43. The van der Waals surface area contributed by atoms with Gasteiger partial charge in [-0.2, -0.15) is 0 Å². The van der Waals surface area contributed by atoms with Crippen molar-refractivity contribution >= 4 is 5.97 Å².